The van der Waals surface area contributed by atoms with E-state index in [2.05, 4.69) is 0 Å². The van der Waals surface area contributed by atoms with Gasteiger partial charge >= 0.3 is 13.3 Å². The lowest BCUT2D eigenvalue weighted by Crippen LogP contribution is -2.38. The molecular formula is C8H14BF3O3. The van der Waals surface area contributed by atoms with Crippen molar-refractivity contribution in [1.29, 1.82) is 0 Å². The van der Waals surface area contributed by atoms with E-state index < -0.39 is 31.1 Å². The third kappa shape index (κ3) is 3.36. The molecule has 1 fully saturated rings. The summed E-state index contributed by atoms with van der Waals surface area (Å²) in [5.41, 5.74) is 0. The van der Waals surface area contributed by atoms with Crippen LogP contribution in [0, 0.1) is 5.92 Å². The fourth-order valence-corrected chi connectivity index (χ4v) is 2.01. The van der Waals surface area contributed by atoms with Gasteiger partial charge in [-0.15, -0.1) is 0 Å². The Morgan fingerprint density at radius 3 is 2.20 bits per heavy atom. The standard InChI is InChI=1S/C8H14BF3O3/c1-15-7-3-5(8(10,11)12)2-6(4-7)9(13)14/h5-7,13-14H,2-4H2,1H3. The van der Waals surface area contributed by atoms with Gasteiger partial charge in [0.05, 0.1) is 12.0 Å². The van der Waals surface area contributed by atoms with Gasteiger partial charge in [-0.05, 0) is 25.1 Å². The van der Waals surface area contributed by atoms with E-state index in [4.69, 9.17) is 14.8 Å². The van der Waals surface area contributed by atoms with E-state index >= 15 is 0 Å². The normalized spacial score (nSPS) is 32.8. The first-order valence-corrected chi connectivity index (χ1v) is 4.80. The van der Waals surface area contributed by atoms with Gasteiger partial charge < -0.3 is 14.8 Å². The predicted molar refractivity (Wildman–Crippen MR) is 48.1 cm³/mol. The van der Waals surface area contributed by atoms with Gasteiger partial charge in [0.15, 0.2) is 0 Å². The van der Waals surface area contributed by atoms with Gasteiger partial charge in [-0.2, -0.15) is 13.2 Å². The lowest BCUT2D eigenvalue weighted by Gasteiger charge is -2.34. The van der Waals surface area contributed by atoms with Crippen molar-refractivity contribution in [2.45, 2.75) is 37.4 Å². The topological polar surface area (TPSA) is 49.7 Å². The quantitative estimate of drug-likeness (QED) is 0.695. The van der Waals surface area contributed by atoms with Crippen molar-refractivity contribution >= 4 is 7.12 Å². The number of rotatable bonds is 2. The van der Waals surface area contributed by atoms with Crippen molar-refractivity contribution in [2.24, 2.45) is 5.92 Å². The zero-order chi connectivity index (χ0) is 11.6. The Balaban J connectivity index is 2.67. The van der Waals surface area contributed by atoms with Crippen LogP contribution in [0.25, 0.3) is 0 Å². The Kier molecular flexibility index (Phi) is 4.02. The van der Waals surface area contributed by atoms with Crippen LogP contribution in [0.2, 0.25) is 5.82 Å². The van der Waals surface area contributed by atoms with E-state index in [-0.39, 0.29) is 19.3 Å². The maximum Gasteiger partial charge on any atom is 0.454 e. The minimum absolute atomic E-state index is 0.0940. The second-order valence-corrected chi connectivity index (χ2v) is 3.98. The summed E-state index contributed by atoms with van der Waals surface area (Å²) >= 11 is 0. The Morgan fingerprint density at radius 1 is 1.20 bits per heavy atom. The second kappa shape index (κ2) is 4.72. The van der Waals surface area contributed by atoms with Crippen LogP contribution in [-0.2, 0) is 4.74 Å². The lowest BCUT2D eigenvalue weighted by atomic mass is 9.62. The SMILES string of the molecule is COC1CC(B(O)O)CC(C(F)(F)F)C1. The average molecular weight is 226 g/mol. The van der Waals surface area contributed by atoms with Gasteiger partial charge in [0, 0.05) is 7.11 Å². The molecule has 1 rings (SSSR count). The smallest absolute Gasteiger partial charge is 0.427 e. The van der Waals surface area contributed by atoms with Crippen LogP contribution < -0.4 is 0 Å². The Bertz CT molecular complexity index is 210. The molecule has 1 aliphatic carbocycles. The molecule has 0 spiro atoms. The van der Waals surface area contributed by atoms with E-state index in [1.165, 1.54) is 7.11 Å². The molecule has 3 unspecified atom stereocenters. The molecule has 0 amide bonds. The lowest BCUT2D eigenvalue weighted by molar-refractivity contribution is -0.191. The molecule has 1 saturated carbocycles. The minimum Gasteiger partial charge on any atom is -0.427 e. The van der Waals surface area contributed by atoms with Crippen LogP contribution >= 0.6 is 0 Å². The Hall–Kier alpha value is -0.265. The summed E-state index contributed by atoms with van der Waals surface area (Å²) in [5.74, 6) is -2.25. The van der Waals surface area contributed by atoms with Crippen molar-refractivity contribution in [3.63, 3.8) is 0 Å². The first-order chi connectivity index (χ1) is 6.84. The Morgan fingerprint density at radius 2 is 1.80 bits per heavy atom. The van der Waals surface area contributed by atoms with Gasteiger partial charge in [0.1, 0.15) is 0 Å². The van der Waals surface area contributed by atoms with Crippen LogP contribution in [0.1, 0.15) is 19.3 Å². The molecule has 0 bridgehead atoms. The van der Waals surface area contributed by atoms with Crippen molar-refractivity contribution in [1.82, 2.24) is 0 Å². The summed E-state index contributed by atoms with van der Waals surface area (Å²) in [6, 6.07) is 0. The van der Waals surface area contributed by atoms with Crippen molar-refractivity contribution in [3.8, 4) is 0 Å². The van der Waals surface area contributed by atoms with Gasteiger partial charge in [0.25, 0.3) is 0 Å². The van der Waals surface area contributed by atoms with Crippen LogP contribution in [0.4, 0.5) is 13.2 Å². The molecule has 0 aromatic heterocycles. The molecule has 2 N–H and O–H groups in total. The maximum atomic E-state index is 12.5. The first-order valence-electron chi connectivity index (χ1n) is 4.80. The molecule has 3 atom stereocenters. The second-order valence-electron chi connectivity index (χ2n) is 3.98. The van der Waals surface area contributed by atoms with Crippen LogP contribution in [0.3, 0.4) is 0 Å². The van der Waals surface area contributed by atoms with Crippen LogP contribution in [-0.4, -0.2) is 36.6 Å². The minimum atomic E-state index is -4.29. The zero-order valence-electron chi connectivity index (χ0n) is 8.37. The molecule has 88 valence electrons. The number of alkyl halides is 3. The summed E-state index contributed by atoms with van der Waals surface area (Å²) < 4.78 is 42.3. The molecule has 0 saturated heterocycles. The highest BCUT2D eigenvalue weighted by Gasteiger charge is 2.47. The zero-order valence-corrected chi connectivity index (χ0v) is 8.37. The van der Waals surface area contributed by atoms with Crippen LogP contribution in [0.5, 0.6) is 0 Å². The fourth-order valence-electron chi connectivity index (χ4n) is 2.01. The summed E-state index contributed by atoms with van der Waals surface area (Å²) in [5, 5.41) is 17.8. The number of halogens is 3. The predicted octanol–water partition coefficient (Wildman–Crippen LogP) is 1.21. The van der Waals surface area contributed by atoms with Gasteiger partial charge in [-0.1, -0.05) is 0 Å². The van der Waals surface area contributed by atoms with Crippen LogP contribution in [0.15, 0.2) is 0 Å². The molecule has 0 aromatic carbocycles. The number of hydrogen-bond acceptors (Lipinski definition) is 3. The monoisotopic (exact) mass is 226 g/mol. The largest absolute Gasteiger partial charge is 0.454 e. The average Bonchev–Trinajstić information content (AvgIpc) is 2.15. The van der Waals surface area contributed by atoms with Crippen molar-refractivity contribution < 1.29 is 28.0 Å². The molecular weight excluding hydrogens is 212 g/mol. The summed E-state index contributed by atoms with van der Waals surface area (Å²) in [7, 11) is -0.364. The van der Waals surface area contributed by atoms with E-state index in [0.29, 0.717) is 0 Å². The highest BCUT2D eigenvalue weighted by Crippen LogP contribution is 2.43. The molecule has 0 aliphatic heterocycles. The van der Waals surface area contributed by atoms with Crippen molar-refractivity contribution in [3.05, 3.63) is 0 Å². The van der Waals surface area contributed by atoms with Crippen molar-refractivity contribution in [2.75, 3.05) is 7.11 Å². The number of methoxy groups -OCH3 is 1. The van der Waals surface area contributed by atoms with E-state index in [1.807, 2.05) is 0 Å². The maximum absolute atomic E-state index is 12.5. The summed E-state index contributed by atoms with van der Waals surface area (Å²) in [4.78, 5) is 0. The third-order valence-corrected chi connectivity index (χ3v) is 2.92. The molecule has 0 aromatic rings. The molecule has 15 heavy (non-hydrogen) atoms. The summed E-state index contributed by atoms with van der Waals surface area (Å²) in [6.07, 6.45) is -4.90. The fraction of sp³-hybridized carbons (Fsp3) is 1.00. The van der Waals surface area contributed by atoms with Gasteiger partial charge in [-0.3, -0.25) is 0 Å². The number of ether oxygens (including phenoxy) is 1. The van der Waals surface area contributed by atoms with E-state index in [1.54, 1.807) is 0 Å². The first kappa shape index (κ1) is 12.8. The molecule has 0 radical (unpaired) electrons. The number of hydrogen-bond donors (Lipinski definition) is 2. The van der Waals surface area contributed by atoms with Gasteiger partial charge in [-0.25, -0.2) is 0 Å². The molecule has 1 aliphatic rings. The van der Waals surface area contributed by atoms with E-state index in [9.17, 15) is 13.2 Å². The highest BCUT2D eigenvalue weighted by atomic mass is 19.4. The summed E-state index contributed by atoms with van der Waals surface area (Å²) in [6.45, 7) is 0. The highest BCUT2D eigenvalue weighted by molar-refractivity contribution is 6.43. The van der Waals surface area contributed by atoms with E-state index in [0.717, 1.165) is 0 Å². The Labute approximate surface area is 86.4 Å². The molecule has 3 nitrogen and oxygen atoms in total. The third-order valence-electron chi connectivity index (χ3n) is 2.92. The van der Waals surface area contributed by atoms with Gasteiger partial charge in [0.2, 0.25) is 0 Å². The molecule has 7 heteroatoms. The molecule has 0 heterocycles.